The molecule has 140 valence electrons. The number of benzene rings is 3. The van der Waals surface area contributed by atoms with Crippen molar-refractivity contribution in [3.63, 3.8) is 0 Å². The summed E-state index contributed by atoms with van der Waals surface area (Å²) in [6, 6.07) is 17.6. The summed E-state index contributed by atoms with van der Waals surface area (Å²) in [5.74, 6) is 0.418. The molecule has 3 aromatic carbocycles. The summed E-state index contributed by atoms with van der Waals surface area (Å²) in [6.07, 6.45) is 4.14. The van der Waals surface area contributed by atoms with E-state index in [-0.39, 0.29) is 11.4 Å². The molecular weight excluding hydrogens is 358 g/mol. The summed E-state index contributed by atoms with van der Waals surface area (Å²) in [4.78, 5) is 0.228. The maximum absolute atomic E-state index is 13.0. The number of fused-ring (bicyclic) bond motifs is 2. The van der Waals surface area contributed by atoms with Crippen LogP contribution in [0, 0.1) is 0 Å². The summed E-state index contributed by atoms with van der Waals surface area (Å²) in [5.41, 5.74) is 3.27. The fourth-order valence-corrected chi connectivity index (χ4v) is 5.01. The minimum Gasteiger partial charge on any atom is -0.495 e. The second-order valence-electron chi connectivity index (χ2n) is 6.94. The Morgan fingerprint density at radius 2 is 1.67 bits per heavy atom. The minimum atomic E-state index is -3.68. The Labute approximate surface area is 160 Å². The van der Waals surface area contributed by atoms with E-state index in [1.165, 1.54) is 12.7 Å². The van der Waals surface area contributed by atoms with E-state index in [1.807, 2.05) is 48.5 Å². The lowest BCUT2D eigenvalue weighted by Crippen LogP contribution is -2.24. The third-order valence-electron chi connectivity index (χ3n) is 5.25. The minimum absolute atomic E-state index is 0.228. The standard InChI is InChI=1S/C22H23NO3S/c1-26-21-13-17-8-2-3-9-18(17)14-22(21)27(24,25)23-15-19-11-6-10-16-7-4-5-12-20(16)19/h4-7,10-14,23H,2-3,8-9,15H2,1H3. The van der Waals surface area contributed by atoms with Gasteiger partial charge in [0.2, 0.25) is 10.0 Å². The van der Waals surface area contributed by atoms with E-state index in [0.717, 1.165) is 47.6 Å². The van der Waals surface area contributed by atoms with Gasteiger partial charge in [-0.1, -0.05) is 42.5 Å². The number of ether oxygens (including phenoxy) is 1. The van der Waals surface area contributed by atoms with Gasteiger partial charge in [-0.2, -0.15) is 0 Å². The third kappa shape index (κ3) is 3.57. The predicted octanol–water partition coefficient (Wildman–Crippen LogP) is 4.21. The van der Waals surface area contributed by atoms with Crippen LogP contribution in [0.3, 0.4) is 0 Å². The molecule has 4 nitrogen and oxygen atoms in total. The van der Waals surface area contributed by atoms with Gasteiger partial charge < -0.3 is 4.74 Å². The number of sulfonamides is 1. The SMILES string of the molecule is COc1cc2c(cc1S(=O)(=O)NCc1cccc3ccccc13)CCCC2. The van der Waals surface area contributed by atoms with Gasteiger partial charge in [-0.15, -0.1) is 0 Å². The predicted molar refractivity (Wildman–Crippen MR) is 108 cm³/mol. The van der Waals surface area contributed by atoms with E-state index in [4.69, 9.17) is 4.74 Å². The highest BCUT2D eigenvalue weighted by Crippen LogP contribution is 2.32. The Balaban J connectivity index is 1.65. The van der Waals surface area contributed by atoms with Gasteiger partial charge in [0.05, 0.1) is 7.11 Å². The zero-order valence-corrected chi connectivity index (χ0v) is 16.2. The molecule has 0 bridgehead atoms. The first kappa shape index (κ1) is 18.0. The van der Waals surface area contributed by atoms with Gasteiger partial charge in [0.15, 0.2) is 0 Å². The molecule has 27 heavy (non-hydrogen) atoms. The van der Waals surface area contributed by atoms with Gasteiger partial charge in [0, 0.05) is 6.54 Å². The molecule has 0 fully saturated rings. The summed E-state index contributed by atoms with van der Waals surface area (Å²) in [7, 11) is -2.16. The van der Waals surface area contributed by atoms with Gasteiger partial charge in [-0.3, -0.25) is 0 Å². The zero-order valence-electron chi connectivity index (χ0n) is 15.4. The molecule has 4 rings (SSSR count). The molecule has 1 N–H and O–H groups in total. The van der Waals surface area contributed by atoms with Crippen molar-refractivity contribution in [2.45, 2.75) is 37.1 Å². The molecule has 3 aromatic rings. The van der Waals surface area contributed by atoms with E-state index >= 15 is 0 Å². The van der Waals surface area contributed by atoms with Crippen molar-refractivity contribution >= 4 is 20.8 Å². The van der Waals surface area contributed by atoms with Crippen LogP contribution in [-0.4, -0.2) is 15.5 Å². The van der Waals surface area contributed by atoms with Crippen LogP contribution in [0.15, 0.2) is 59.5 Å². The van der Waals surface area contributed by atoms with Crippen molar-refractivity contribution in [1.29, 1.82) is 0 Å². The van der Waals surface area contributed by atoms with E-state index in [2.05, 4.69) is 4.72 Å². The summed E-state index contributed by atoms with van der Waals surface area (Å²) >= 11 is 0. The topological polar surface area (TPSA) is 55.4 Å². The van der Waals surface area contributed by atoms with Crippen LogP contribution in [0.1, 0.15) is 29.5 Å². The summed E-state index contributed by atoms with van der Waals surface area (Å²) < 4.78 is 34.2. The molecule has 0 radical (unpaired) electrons. The molecule has 0 unspecified atom stereocenters. The van der Waals surface area contributed by atoms with E-state index in [1.54, 1.807) is 6.07 Å². The number of hydrogen-bond acceptors (Lipinski definition) is 3. The van der Waals surface area contributed by atoms with E-state index in [9.17, 15) is 8.42 Å². The molecule has 0 spiro atoms. The lowest BCUT2D eigenvalue weighted by molar-refractivity contribution is 0.401. The third-order valence-corrected chi connectivity index (χ3v) is 6.67. The Kier molecular flexibility index (Phi) is 4.89. The maximum atomic E-state index is 13.0. The number of hydrogen-bond donors (Lipinski definition) is 1. The molecule has 0 saturated heterocycles. The molecule has 0 heterocycles. The van der Waals surface area contributed by atoms with Crippen LogP contribution in [0.4, 0.5) is 0 Å². The van der Waals surface area contributed by atoms with Crippen molar-refractivity contribution in [1.82, 2.24) is 4.72 Å². The smallest absolute Gasteiger partial charge is 0.244 e. The van der Waals surface area contributed by atoms with E-state index < -0.39 is 10.0 Å². The first-order valence-corrected chi connectivity index (χ1v) is 10.7. The average molecular weight is 381 g/mol. The fraction of sp³-hybridized carbons (Fsp3) is 0.273. The van der Waals surface area contributed by atoms with Gasteiger partial charge in [-0.05, 0) is 65.3 Å². The van der Waals surface area contributed by atoms with Crippen LogP contribution in [0.2, 0.25) is 0 Å². The number of rotatable bonds is 5. The molecule has 0 amide bonds. The van der Waals surface area contributed by atoms with Crippen molar-refractivity contribution in [3.05, 3.63) is 71.3 Å². The average Bonchev–Trinajstić information content (AvgIpc) is 2.71. The maximum Gasteiger partial charge on any atom is 0.244 e. The lowest BCUT2D eigenvalue weighted by atomic mass is 9.92. The highest BCUT2D eigenvalue weighted by molar-refractivity contribution is 7.89. The van der Waals surface area contributed by atoms with Crippen molar-refractivity contribution < 1.29 is 13.2 Å². The quantitative estimate of drug-likeness (QED) is 0.720. The Hall–Kier alpha value is -2.37. The molecule has 0 saturated carbocycles. The van der Waals surface area contributed by atoms with E-state index in [0.29, 0.717) is 5.75 Å². The summed E-state index contributed by atoms with van der Waals surface area (Å²) in [6.45, 7) is 0.240. The molecule has 0 aromatic heterocycles. The molecule has 0 atom stereocenters. The van der Waals surface area contributed by atoms with Gasteiger partial charge in [-0.25, -0.2) is 13.1 Å². The van der Waals surface area contributed by atoms with Crippen molar-refractivity contribution in [2.75, 3.05) is 7.11 Å². The van der Waals surface area contributed by atoms with Gasteiger partial charge >= 0.3 is 0 Å². The highest BCUT2D eigenvalue weighted by atomic mass is 32.2. The van der Waals surface area contributed by atoms with Crippen molar-refractivity contribution in [2.24, 2.45) is 0 Å². The first-order chi connectivity index (χ1) is 13.1. The van der Waals surface area contributed by atoms with Crippen molar-refractivity contribution in [3.8, 4) is 5.75 Å². The molecule has 1 aliphatic rings. The van der Waals surface area contributed by atoms with Crippen LogP contribution in [0.25, 0.3) is 10.8 Å². The monoisotopic (exact) mass is 381 g/mol. The van der Waals surface area contributed by atoms with Gasteiger partial charge in [0.1, 0.15) is 10.6 Å². The number of methoxy groups -OCH3 is 1. The number of aryl methyl sites for hydroxylation is 2. The van der Waals surface area contributed by atoms with Crippen LogP contribution >= 0.6 is 0 Å². The Morgan fingerprint density at radius 3 is 2.44 bits per heavy atom. The molecular formula is C22H23NO3S. The Bertz CT molecular complexity index is 1080. The first-order valence-electron chi connectivity index (χ1n) is 9.24. The molecule has 1 aliphatic carbocycles. The highest BCUT2D eigenvalue weighted by Gasteiger charge is 2.23. The number of nitrogens with one attached hydrogen (secondary N) is 1. The normalized spacial score (nSPS) is 14.1. The fourth-order valence-electron chi connectivity index (χ4n) is 3.81. The van der Waals surface area contributed by atoms with Crippen LogP contribution in [-0.2, 0) is 29.4 Å². The zero-order chi connectivity index (χ0) is 18.9. The Morgan fingerprint density at radius 1 is 0.963 bits per heavy atom. The summed E-state index contributed by atoms with van der Waals surface area (Å²) in [5, 5.41) is 2.15. The lowest BCUT2D eigenvalue weighted by Gasteiger charge is -2.19. The second kappa shape index (κ2) is 7.33. The van der Waals surface area contributed by atoms with Crippen LogP contribution < -0.4 is 9.46 Å². The second-order valence-corrected chi connectivity index (χ2v) is 8.68. The molecule has 0 aliphatic heterocycles. The largest absolute Gasteiger partial charge is 0.495 e. The molecule has 5 heteroatoms. The van der Waals surface area contributed by atoms with Crippen LogP contribution in [0.5, 0.6) is 5.75 Å². The van der Waals surface area contributed by atoms with Gasteiger partial charge in [0.25, 0.3) is 0 Å².